The quantitative estimate of drug-likeness (QED) is 0.0845. The van der Waals surface area contributed by atoms with Gasteiger partial charge in [0.25, 0.3) is 0 Å². The predicted octanol–water partition coefficient (Wildman–Crippen LogP) is 6.45. The lowest BCUT2D eigenvalue weighted by Gasteiger charge is -2.25. The van der Waals surface area contributed by atoms with Gasteiger partial charge < -0.3 is 30.2 Å². The van der Waals surface area contributed by atoms with Crippen LogP contribution in [0.4, 0.5) is 9.59 Å². The lowest BCUT2D eigenvalue weighted by Crippen LogP contribution is -2.53. The van der Waals surface area contributed by atoms with Crippen molar-refractivity contribution < 1.29 is 33.4 Å². The molecule has 3 rings (SSSR count). The Morgan fingerprint density at radius 1 is 0.708 bits per heavy atom. The van der Waals surface area contributed by atoms with Crippen LogP contribution in [0.1, 0.15) is 62.3 Å². The van der Waals surface area contributed by atoms with Crippen molar-refractivity contribution in [2.45, 2.75) is 83.6 Å². The summed E-state index contributed by atoms with van der Waals surface area (Å²) in [4.78, 5) is 51.7. The van der Waals surface area contributed by atoms with Crippen LogP contribution in [0.5, 0.6) is 0 Å². The number of thioether (sulfide) groups is 1. The van der Waals surface area contributed by atoms with Gasteiger partial charge in [-0.2, -0.15) is 11.8 Å². The fourth-order valence-electron chi connectivity index (χ4n) is 4.40. The van der Waals surface area contributed by atoms with Crippen LogP contribution in [0, 0.1) is 6.92 Å². The highest BCUT2D eigenvalue weighted by atomic mass is 32.2. The second-order valence-corrected chi connectivity index (χ2v) is 13.4. The number of unbranched alkanes of at least 4 members (excludes halogenated alkanes) is 1. The third kappa shape index (κ3) is 15.4. The van der Waals surface area contributed by atoms with Crippen LogP contribution in [-0.2, 0) is 42.8 Å². The predicted molar refractivity (Wildman–Crippen MR) is 187 cm³/mol. The monoisotopic (exact) mass is 677 g/mol. The number of nitrogens with one attached hydrogen (secondary N) is 3. The molecule has 0 fully saturated rings. The third-order valence-corrected chi connectivity index (χ3v) is 8.01. The van der Waals surface area contributed by atoms with Gasteiger partial charge in [0.2, 0.25) is 5.91 Å². The number of hydrogen-bond donors (Lipinski definition) is 3. The fourth-order valence-corrected chi connectivity index (χ4v) is 5.42. The van der Waals surface area contributed by atoms with E-state index in [1.54, 1.807) is 20.8 Å². The van der Waals surface area contributed by atoms with E-state index in [4.69, 9.17) is 14.2 Å². The van der Waals surface area contributed by atoms with E-state index < -0.39 is 41.7 Å². The smallest absolute Gasteiger partial charge is 0.408 e. The molecule has 0 saturated heterocycles. The molecule has 0 bridgehead atoms. The summed E-state index contributed by atoms with van der Waals surface area (Å²) in [6, 6.07) is 24.8. The zero-order valence-electron chi connectivity index (χ0n) is 28.2. The Morgan fingerprint density at radius 2 is 1.31 bits per heavy atom. The Kier molecular flexibility index (Phi) is 15.8. The van der Waals surface area contributed by atoms with Gasteiger partial charge in [0.15, 0.2) is 0 Å². The summed E-state index contributed by atoms with van der Waals surface area (Å²) in [5.74, 6) is -0.240. The molecule has 0 spiro atoms. The van der Waals surface area contributed by atoms with Gasteiger partial charge in [0, 0.05) is 18.1 Å². The van der Waals surface area contributed by atoms with Crippen LogP contribution in [0.2, 0.25) is 0 Å². The number of rotatable bonds is 17. The summed E-state index contributed by atoms with van der Waals surface area (Å²) >= 11 is 1.48. The second-order valence-electron chi connectivity index (χ2n) is 12.3. The molecule has 0 unspecified atom stereocenters. The minimum Gasteiger partial charge on any atom is -0.459 e. The molecule has 0 heterocycles. The number of esters is 1. The van der Waals surface area contributed by atoms with Gasteiger partial charge in [-0.15, -0.1) is 0 Å². The van der Waals surface area contributed by atoms with Gasteiger partial charge in [-0.1, -0.05) is 90.5 Å². The molecular weight excluding hydrogens is 630 g/mol. The molecule has 2 atom stereocenters. The Balaban J connectivity index is 1.60. The lowest BCUT2D eigenvalue weighted by atomic mass is 10.1. The molecule has 3 N–H and O–H groups in total. The first-order chi connectivity index (χ1) is 23.0. The van der Waals surface area contributed by atoms with Gasteiger partial charge >= 0.3 is 18.2 Å². The van der Waals surface area contributed by atoms with Gasteiger partial charge in [-0.3, -0.25) is 4.79 Å². The van der Waals surface area contributed by atoms with E-state index in [-0.39, 0.29) is 25.4 Å². The Bertz CT molecular complexity index is 1430. The highest BCUT2D eigenvalue weighted by Gasteiger charge is 2.29. The second kappa shape index (κ2) is 20.0. The normalized spacial score (nSPS) is 12.2. The largest absolute Gasteiger partial charge is 0.459 e. The fraction of sp³-hybridized carbons (Fsp3) is 0.405. The highest BCUT2D eigenvalue weighted by molar-refractivity contribution is 7.98. The third-order valence-electron chi connectivity index (χ3n) is 6.91. The van der Waals surface area contributed by atoms with Crippen LogP contribution >= 0.6 is 11.8 Å². The number of carbonyl (C=O) groups is 4. The average molecular weight is 678 g/mol. The summed E-state index contributed by atoms with van der Waals surface area (Å²) in [6.45, 7) is 7.77. The standard InChI is InChI=1S/C37H47N3O7S/c1-27-18-20-30(21-19-27)25-48-26-32(40-36(44)47-37(2,3)4)33(41)39-31(34(42)45-23-28-13-7-5-8-14-28)17-11-12-22-38-35(43)46-24-29-15-9-6-10-16-29/h5-10,13-16,18-21,31-32H,11-12,17,22-26H2,1-4H3,(H,38,43)(H,39,41)(H,40,44)/t31-,32-/m0/s1. The first-order valence-corrected chi connectivity index (χ1v) is 17.2. The van der Waals surface area contributed by atoms with Crippen LogP contribution < -0.4 is 16.0 Å². The van der Waals surface area contributed by atoms with Crippen molar-refractivity contribution in [3.8, 4) is 0 Å². The summed E-state index contributed by atoms with van der Waals surface area (Å²) in [6.07, 6.45) is 0.0224. The first kappa shape index (κ1) is 37.9. The zero-order chi connectivity index (χ0) is 34.8. The number of ether oxygens (including phenoxy) is 3. The van der Waals surface area contributed by atoms with Crippen molar-refractivity contribution in [2.75, 3.05) is 12.3 Å². The average Bonchev–Trinajstić information content (AvgIpc) is 3.06. The minimum absolute atomic E-state index is 0.0485. The Hall–Kier alpha value is -4.51. The minimum atomic E-state index is -0.976. The van der Waals surface area contributed by atoms with Gasteiger partial charge in [0.05, 0.1) is 0 Å². The summed E-state index contributed by atoms with van der Waals surface area (Å²) in [5, 5.41) is 8.19. The van der Waals surface area contributed by atoms with Crippen molar-refractivity contribution in [3.05, 3.63) is 107 Å². The van der Waals surface area contributed by atoms with E-state index in [0.717, 1.165) is 22.3 Å². The number of hydrogen-bond acceptors (Lipinski definition) is 8. The molecule has 3 aromatic carbocycles. The molecule has 0 radical (unpaired) electrons. The van der Waals surface area contributed by atoms with Crippen molar-refractivity contribution in [1.82, 2.24) is 16.0 Å². The van der Waals surface area contributed by atoms with E-state index in [9.17, 15) is 19.2 Å². The van der Waals surface area contributed by atoms with E-state index in [0.29, 0.717) is 25.1 Å². The van der Waals surface area contributed by atoms with Crippen LogP contribution in [0.15, 0.2) is 84.9 Å². The number of aryl methyl sites for hydroxylation is 1. The summed E-state index contributed by atoms with van der Waals surface area (Å²) in [7, 11) is 0. The topological polar surface area (TPSA) is 132 Å². The maximum Gasteiger partial charge on any atom is 0.408 e. The number of benzene rings is 3. The van der Waals surface area contributed by atoms with Crippen molar-refractivity contribution >= 4 is 35.8 Å². The van der Waals surface area contributed by atoms with E-state index in [1.807, 2.05) is 91.9 Å². The maximum atomic E-state index is 13.6. The summed E-state index contributed by atoms with van der Waals surface area (Å²) in [5.41, 5.74) is 3.17. The van der Waals surface area contributed by atoms with Crippen LogP contribution in [0.25, 0.3) is 0 Å². The van der Waals surface area contributed by atoms with Gasteiger partial charge in [-0.25, -0.2) is 14.4 Å². The van der Waals surface area contributed by atoms with E-state index in [1.165, 1.54) is 11.8 Å². The number of amides is 3. The van der Waals surface area contributed by atoms with E-state index >= 15 is 0 Å². The molecule has 0 saturated carbocycles. The summed E-state index contributed by atoms with van der Waals surface area (Å²) < 4.78 is 16.2. The van der Waals surface area contributed by atoms with Crippen LogP contribution in [0.3, 0.4) is 0 Å². The Morgan fingerprint density at radius 3 is 1.92 bits per heavy atom. The van der Waals surface area contributed by atoms with Crippen molar-refractivity contribution in [3.63, 3.8) is 0 Å². The SMILES string of the molecule is Cc1ccc(CSC[C@H](NC(=O)OC(C)(C)C)C(=O)N[C@@H](CCCCNC(=O)OCc2ccccc2)C(=O)OCc2ccccc2)cc1. The molecule has 0 aliphatic heterocycles. The highest BCUT2D eigenvalue weighted by Crippen LogP contribution is 2.16. The molecule has 48 heavy (non-hydrogen) atoms. The van der Waals surface area contributed by atoms with Crippen LogP contribution in [-0.4, -0.2) is 54.0 Å². The molecule has 0 aromatic heterocycles. The molecule has 258 valence electrons. The molecular formula is C37H47N3O7S. The van der Waals surface area contributed by atoms with Crippen molar-refractivity contribution in [1.29, 1.82) is 0 Å². The van der Waals surface area contributed by atoms with Gasteiger partial charge in [-0.05, 0) is 63.6 Å². The first-order valence-electron chi connectivity index (χ1n) is 16.1. The number of carbonyl (C=O) groups excluding carboxylic acids is 4. The molecule has 3 aromatic rings. The Labute approximate surface area is 287 Å². The molecule has 0 aliphatic carbocycles. The zero-order valence-corrected chi connectivity index (χ0v) is 29.0. The molecule has 3 amide bonds. The number of alkyl carbamates (subject to hydrolysis) is 2. The van der Waals surface area contributed by atoms with E-state index in [2.05, 4.69) is 16.0 Å². The van der Waals surface area contributed by atoms with Gasteiger partial charge in [0.1, 0.15) is 30.9 Å². The molecule has 11 heteroatoms. The molecule has 10 nitrogen and oxygen atoms in total. The van der Waals surface area contributed by atoms with Crippen molar-refractivity contribution in [2.24, 2.45) is 0 Å². The molecule has 0 aliphatic rings. The lowest BCUT2D eigenvalue weighted by molar-refractivity contribution is -0.149. The maximum absolute atomic E-state index is 13.6.